The maximum absolute atomic E-state index is 5.46. The molecule has 0 bridgehead atoms. The summed E-state index contributed by atoms with van der Waals surface area (Å²) in [5.74, 6) is 1.66. The van der Waals surface area contributed by atoms with Gasteiger partial charge in [0.05, 0.1) is 0 Å². The molecule has 0 unspecified atom stereocenters. The molecule has 0 N–H and O–H groups in total. The van der Waals surface area contributed by atoms with Gasteiger partial charge >= 0.3 is 151 Å². The number of hydrogen-bond donors (Lipinski definition) is 0. The Morgan fingerprint density at radius 3 is 2.70 bits per heavy atom. The molecule has 7 heteroatoms. The Hall–Kier alpha value is -1.71. The first kappa shape index (κ1) is 14.9. The predicted octanol–water partition coefficient (Wildman–Crippen LogP) is 2.03. The molecule has 1 aliphatic rings. The Morgan fingerprint density at radius 1 is 1.13 bits per heavy atom. The third-order valence-electron chi connectivity index (χ3n) is 4.23. The number of rotatable bonds is 3. The Kier molecular flexibility index (Phi) is 3.92. The van der Waals surface area contributed by atoms with Gasteiger partial charge in [0.15, 0.2) is 0 Å². The average Bonchev–Trinajstić information content (AvgIpc) is 3.23. The molecule has 0 atom stereocenters. The predicted molar refractivity (Wildman–Crippen MR) is 89.9 cm³/mol. The number of ether oxygens (including phenoxy) is 1. The summed E-state index contributed by atoms with van der Waals surface area (Å²) in [7, 11) is 1.65. The van der Waals surface area contributed by atoms with Gasteiger partial charge in [0, 0.05) is 0 Å². The molecule has 1 saturated heterocycles. The van der Waals surface area contributed by atoms with Crippen LogP contribution in [-0.4, -0.2) is 63.8 Å². The van der Waals surface area contributed by atoms with Crippen LogP contribution in [0.3, 0.4) is 0 Å². The first-order valence-corrected chi connectivity index (χ1v) is 9.67. The Labute approximate surface area is 150 Å². The second-order valence-corrected chi connectivity index (χ2v) is 7.51. The third-order valence-corrected chi connectivity index (χ3v) is 5.76. The molecule has 23 heavy (non-hydrogen) atoms. The van der Waals surface area contributed by atoms with Crippen LogP contribution in [0.15, 0.2) is 30.6 Å². The fourth-order valence-electron chi connectivity index (χ4n) is 3.10. The van der Waals surface area contributed by atoms with E-state index in [1.165, 1.54) is 12.8 Å². The van der Waals surface area contributed by atoms with Crippen LogP contribution in [0.2, 0.25) is 0 Å². The van der Waals surface area contributed by atoms with Crippen molar-refractivity contribution in [3.63, 3.8) is 0 Å². The molecule has 0 spiro atoms. The van der Waals surface area contributed by atoms with Crippen molar-refractivity contribution in [2.75, 3.05) is 25.1 Å². The number of methoxy groups -OCH3 is 1. The van der Waals surface area contributed by atoms with Gasteiger partial charge in [-0.05, 0) is 0 Å². The number of fused-ring (bicyclic) bond motifs is 1. The Morgan fingerprint density at radius 2 is 1.91 bits per heavy atom. The van der Waals surface area contributed by atoms with Crippen LogP contribution in [0.1, 0.15) is 12.8 Å². The van der Waals surface area contributed by atoms with Crippen molar-refractivity contribution in [3.8, 4) is 17.1 Å². The van der Waals surface area contributed by atoms with Crippen molar-refractivity contribution in [1.82, 2.24) is 17.6 Å². The molecule has 1 fully saturated rings. The van der Waals surface area contributed by atoms with E-state index in [4.69, 9.17) is 9.84 Å². The van der Waals surface area contributed by atoms with Crippen molar-refractivity contribution in [2.45, 2.75) is 12.8 Å². The summed E-state index contributed by atoms with van der Waals surface area (Å²) in [6, 6.07) is 6.14. The first-order chi connectivity index (χ1) is 11.3. The molecule has 4 rings (SSSR count). The average molecular weight is 499 g/mol. The summed E-state index contributed by atoms with van der Waals surface area (Å²) >= 11 is 0.586. The molecule has 3 aromatic rings. The van der Waals surface area contributed by atoms with Crippen molar-refractivity contribution < 1.29 is 4.74 Å². The third kappa shape index (κ3) is 2.58. The van der Waals surface area contributed by atoms with E-state index in [-0.39, 0.29) is 0 Å². The molecular weight excluding hydrogens is 483 g/mol. The van der Waals surface area contributed by atoms with Gasteiger partial charge in [-0.15, -0.1) is 0 Å². The molecule has 0 amide bonds. The van der Waals surface area contributed by atoms with Gasteiger partial charge in [0.25, 0.3) is 0 Å². The van der Waals surface area contributed by atoms with Crippen LogP contribution in [0.4, 0.5) is 5.82 Å². The van der Waals surface area contributed by atoms with Crippen LogP contribution in [0.25, 0.3) is 22.2 Å². The second-order valence-electron chi connectivity index (χ2n) is 5.60. The Bertz CT molecular complexity index is 857. The molecule has 0 aliphatic carbocycles. The number of anilines is 1. The number of pyridine rings is 2. The molecule has 0 saturated carbocycles. The van der Waals surface area contributed by atoms with E-state index in [9.17, 15) is 0 Å². The standard InChI is InChI=1S/C16H16N5O.Tl/c1-22-16-14-12(5-7-18-16)19-20-15(14)11-4-6-17-13(10-11)21-8-2-3-9-21;/h4-7,10H,2-3,8-9H2,1H3;/q-1;+1. The maximum atomic E-state index is 5.46. The molecule has 1 aliphatic heterocycles. The van der Waals surface area contributed by atoms with Crippen molar-refractivity contribution >= 4 is 42.8 Å². The quantitative estimate of drug-likeness (QED) is 0.518. The van der Waals surface area contributed by atoms with E-state index in [1.54, 1.807) is 13.3 Å². The van der Waals surface area contributed by atoms with Crippen LogP contribution >= 0.6 is 0 Å². The van der Waals surface area contributed by atoms with Crippen LogP contribution in [-0.2, 0) is 0 Å². The zero-order chi connectivity index (χ0) is 15.8. The van der Waals surface area contributed by atoms with E-state index in [2.05, 4.69) is 20.9 Å². The van der Waals surface area contributed by atoms with E-state index < -0.39 is 0 Å². The van der Waals surface area contributed by atoms with Crippen LogP contribution < -0.4 is 9.64 Å². The normalized spacial score (nSPS) is 14.5. The van der Waals surface area contributed by atoms with Gasteiger partial charge in [-0.3, -0.25) is 0 Å². The van der Waals surface area contributed by atoms with Crippen LogP contribution in [0, 0.1) is 0 Å². The van der Waals surface area contributed by atoms with E-state index >= 15 is 0 Å². The number of aromatic nitrogens is 4. The van der Waals surface area contributed by atoms with E-state index in [1.807, 2.05) is 20.8 Å². The summed E-state index contributed by atoms with van der Waals surface area (Å²) in [4.78, 5) is 11.2. The minimum atomic E-state index is 0.586. The summed E-state index contributed by atoms with van der Waals surface area (Å²) in [5, 5.41) is 5.74. The minimum absolute atomic E-state index is 0.586. The fourth-order valence-corrected chi connectivity index (χ4v) is 4.39. The number of nitrogens with zero attached hydrogens (tertiary/aromatic N) is 5. The van der Waals surface area contributed by atoms with Gasteiger partial charge in [-0.25, -0.2) is 0 Å². The molecule has 3 aromatic heterocycles. The summed E-state index contributed by atoms with van der Waals surface area (Å²) in [6.45, 7) is 2.16. The van der Waals surface area contributed by atoms with E-state index in [0.29, 0.717) is 31.9 Å². The fraction of sp³-hybridized carbons (Fsp3) is 0.312. The van der Waals surface area contributed by atoms with Gasteiger partial charge in [0.2, 0.25) is 0 Å². The van der Waals surface area contributed by atoms with Gasteiger partial charge in [-0.2, -0.15) is 0 Å². The molecular formula is C16H16N5OTl. The zero-order valence-electron chi connectivity index (χ0n) is 12.9. The van der Waals surface area contributed by atoms with Gasteiger partial charge in [-0.1, -0.05) is 0 Å². The molecule has 0 radical (unpaired) electrons. The Balaban J connectivity index is 1.87. The summed E-state index contributed by atoms with van der Waals surface area (Å²) in [5.41, 5.74) is 3.07. The SMILES string of the molecule is COc1nccc2c1c(-c1ccnc(N3CCCC3)c1)n[n]2[Tl]. The summed E-state index contributed by atoms with van der Waals surface area (Å²) < 4.78 is 7.49. The molecule has 0 aromatic carbocycles. The number of hydrogen-bond acceptors (Lipinski definition) is 5. The van der Waals surface area contributed by atoms with Crippen molar-refractivity contribution in [2.24, 2.45) is 0 Å². The van der Waals surface area contributed by atoms with Gasteiger partial charge < -0.3 is 0 Å². The van der Waals surface area contributed by atoms with Crippen molar-refractivity contribution in [1.29, 1.82) is 0 Å². The first-order valence-electron chi connectivity index (χ1n) is 7.66. The van der Waals surface area contributed by atoms with Gasteiger partial charge in [0.1, 0.15) is 0 Å². The topological polar surface area (TPSA) is 56.1 Å². The monoisotopic (exact) mass is 499 g/mol. The molecule has 114 valence electrons. The zero-order valence-corrected chi connectivity index (χ0v) is 17.4. The molecule has 6 nitrogen and oxygen atoms in total. The van der Waals surface area contributed by atoms with Crippen LogP contribution in [0.5, 0.6) is 5.88 Å². The summed E-state index contributed by atoms with van der Waals surface area (Å²) in [6.07, 6.45) is 6.12. The second kappa shape index (κ2) is 6.06. The van der Waals surface area contributed by atoms with Crippen molar-refractivity contribution in [3.05, 3.63) is 30.6 Å². The molecule has 4 heterocycles. The van der Waals surface area contributed by atoms with E-state index in [0.717, 1.165) is 41.1 Å².